The van der Waals surface area contributed by atoms with Crippen LogP contribution in [0.15, 0.2) is 42.5 Å². The molecule has 2 aromatic carbocycles. The SMILES string of the molecule is O=C(/C=C/c1ccc2c(c1)OCO2)N1CCSC1c1ccc(Cl)cc1Cl. The molecule has 0 spiro atoms. The molecule has 1 amide bonds. The molecule has 0 N–H and O–H groups in total. The highest BCUT2D eigenvalue weighted by Crippen LogP contribution is 2.41. The van der Waals surface area contributed by atoms with Gasteiger partial charge in [0.25, 0.3) is 0 Å². The van der Waals surface area contributed by atoms with Crippen LogP contribution in [0.1, 0.15) is 16.5 Å². The Morgan fingerprint density at radius 1 is 1.15 bits per heavy atom. The fourth-order valence-corrected chi connectivity index (χ4v) is 4.81. The molecule has 0 bridgehead atoms. The van der Waals surface area contributed by atoms with E-state index in [0.717, 1.165) is 22.6 Å². The molecular formula is C19H15Cl2NO3S. The van der Waals surface area contributed by atoms with Crippen LogP contribution in [0.5, 0.6) is 11.5 Å². The Kier molecular flexibility index (Phi) is 5.02. The smallest absolute Gasteiger partial charge is 0.247 e. The zero-order chi connectivity index (χ0) is 18.1. The Balaban J connectivity index is 1.51. The van der Waals surface area contributed by atoms with Crippen molar-refractivity contribution >= 4 is 46.9 Å². The van der Waals surface area contributed by atoms with Crippen LogP contribution in [0, 0.1) is 0 Å². The number of hydrogen-bond donors (Lipinski definition) is 0. The summed E-state index contributed by atoms with van der Waals surface area (Å²) in [5, 5.41) is 1.06. The van der Waals surface area contributed by atoms with Crippen LogP contribution in [-0.4, -0.2) is 29.9 Å². The third-order valence-corrected chi connectivity index (χ3v) is 6.02. The van der Waals surface area contributed by atoms with Crippen molar-refractivity contribution in [2.24, 2.45) is 0 Å². The Morgan fingerprint density at radius 3 is 2.85 bits per heavy atom. The monoisotopic (exact) mass is 407 g/mol. The van der Waals surface area contributed by atoms with Crippen molar-refractivity contribution in [1.82, 2.24) is 4.90 Å². The summed E-state index contributed by atoms with van der Waals surface area (Å²) in [6.45, 7) is 0.911. The van der Waals surface area contributed by atoms with E-state index in [1.807, 2.05) is 29.2 Å². The number of nitrogens with zero attached hydrogens (tertiary/aromatic N) is 1. The van der Waals surface area contributed by atoms with Gasteiger partial charge in [0.2, 0.25) is 12.7 Å². The number of thioether (sulfide) groups is 1. The van der Waals surface area contributed by atoms with Gasteiger partial charge in [-0.05, 0) is 35.9 Å². The highest BCUT2D eigenvalue weighted by Gasteiger charge is 2.30. The first-order valence-corrected chi connectivity index (χ1v) is 9.87. The number of carbonyl (C=O) groups is 1. The van der Waals surface area contributed by atoms with E-state index in [1.54, 1.807) is 36.0 Å². The summed E-state index contributed by atoms with van der Waals surface area (Å²) in [6.07, 6.45) is 3.37. The van der Waals surface area contributed by atoms with E-state index in [9.17, 15) is 4.79 Å². The van der Waals surface area contributed by atoms with Crippen LogP contribution in [0.25, 0.3) is 6.08 Å². The van der Waals surface area contributed by atoms with E-state index in [4.69, 9.17) is 32.7 Å². The lowest BCUT2D eigenvalue weighted by atomic mass is 10.1. The zero-order valence-corrected chi connectivity index (χ0v) is 16.0. The van der Waals surface area contributed by atoms with Gasteiger partial charge >= 0.3 is 0 Å². The van der Waals surface area contributed by atoms with Gasteiger partial charge in [0.15, 0.2) is 11.5 Å². The summed E-state index contributed by atoms with van der Waals surface area (Å²) in [7, 11) is 0. The maximum absolute atomic E-state index is 12.7. The molecule has 1 atom stereocenters. The van der Waals surface area contributed by atoms with Crippen molar-refractivity contribution in [3.05, 3.63) is 63.6 Å². The van der Waals surface area contributed by atoms with Crippen LogP contribution < -0.4 is 9.47 Å². The van der Waals surface area contributed by atoms with Crippen LogP contribution in [0.3, 0.4) is 0 Å². The number of hydrogen-bond acceptors (Lipinski definition) is 4. The molecule has 7 heteroatoms. The molecule has 0 radical (unpaired) electrons. The topological polar surface area (TPSA) is 38.8 Å². The van der Waals surface area contributed by atoms with E-state index in [0.29, 0.717) is 22.3 Å². The van der Waals surface area contributed by atoms with Gasteiger partial charge in [-0.1, -0.05) is 35.3 Å². The molecule has 2 aromatic rings. The van der Waals surface area contributed by atoms with Crippen molar-refractivity contribution < 1.29 is 14.3 Å². The van der Waals surface area contributed by atoms with E-state index in [2.05, 4.69) is 0 Å². The van der Waals surface area contributed by atoms with Crippen LogP contribution in [0.4, 0.5) is 0 Å². The van der Waals surface area contributed by atoms with E-state index < -0.39 is 0 Å². The maximum Gasteiger partial charge on any atom is 0.247 e. The second-order valence-corrected chi connectivity index (χ2v) is 7.90. The Morgan fingerprint density at radius 2 is 2.00 bits per heavy atom. The number of amides is 1. The summed E-state index contributed by atoms with van der Waals surface area (Å²) in [4.78, 5) is 14.5. The van der Waals surface area contributed by atoms with Gasteiger partial charge in [0, 0.05) is 34.0 Å². The zero-order valence-electron chi connectivity index (χ0n) is 13.7. The maximum atomic E-state index is 12.7. The van der Waals surface area contributed by atoms with Crippen molar-refractivity contribution in [3.63, 3.8) is 0 Å². The van der Waals surface area contributed by atoms with Gasteiger partial charge in [-0.25, -0.2) is 0 Å². The summed E-state index contributed by atoms with van der Waals surface area (Å²) in [6, 6.07) is 11.0. The van der Waals surface area contributed by atoms with Crippen molar-refractivity contribution in [2.75, 3.05) is 19.1 Å². The first-order chi connectivity index (χ1) is 12.6. The summed E-state index contributed by atoms with van der Waals surface area (Å²) in [5.41, 5.74) is 1.79. The fraction of sp³-hybridized carbons (Fsp3) is 0.211. The molecule has 0 aliphatic carbocycles. The number of benzene rings is 2. The molecule has 4 rings (SSSR count). The second kappa shape index (κ2) is 7.43. The lowest BCUT2D eigenvalue weighted by Gasteiger charge is -2.23. The quantitative estimate of drug-likeness (QED) is 0.670. The molecule has 134 valence electrons. The lowest BCUT2D eigenvalue weighted by Crippen LogP contribution is -2.28. The van der Waals surface area contributed by atoms with Gasteiger partial charge in [0.1, 0.15) is 5.37 Å². The van der Waals surface area contributed by atoms with Gasteiger partial charge in [0.05, 0.1) is 0 Å². The molecule has 1 unspecified atom stereocenters. The summed E-state index contributed by atoms with van der Waals surface area (Å²) in [5.74, 6) is 2.24. The van der Waals surface area contributed by atoms with Crippen molar-refractivity contribution in [1.29, 1.82) is 0 Å². The minimum absolute atomic E-state index is 0.0521. The molecule has 0 aromatic heterocycles. The molecule has 4 nitrogen and oxygen atoms in total. The average molecular weight is 408 g/mol. The lowest BCUT2D eigenvalue weighted by molar-refractivity contribution is -0.126. The summed E-state index contributed by atoms with van der Waals surface area (Å²) < 4.78 is 10.7. The number of ether oxygens (including phenoxy) is 2. The van der Waals surface area contributed by atoms with Crippen LogP contribution in [0.2, 0.25) is 10.0 Å². The first kappa shape index (κ1) is 17.6. The van der Waals surface area contributed by atoms with E-state index >= 15 is 0 Å². The third-order valence-electron chi connectivity index (χ3n) is 4.22. The molecule has 0 saturated carbocycles. The summed E-state index contributed by atoms with van der Waals surface area (Å²) >= 11 is 14.0. The number of carbonyl (C=O) groups excluding carboxylic acids is 1. The third kappa shape index (κ3) is 3.52. The van der Waals surface area contributed by atoms with Gasteiger partial charge < -0.3 is 14.4 Å². The minimum Gasteiger partial charge on any atom is -0.454 e. The van der Waals surface area contributed by atoms with Gasteiger partial charge in [-0.2, -0.15) is 0 Å². The molecule has 2 heterocycles. The Labute approximate surface area is 165 Å². The molecular weight excluding hydrogens is 393 g/mol. The fourth-order valence-electron chi connectivity index (χ4n) is 2.94. The van der Waals surface area contributed by atoms with Crippen LogP contribution in [-0.2, 0) is 4.79 Å². The minimum atomic E-state index is -0.103. The predicted octanol–water partition coefficient (Wildman–Crippen LogP) is 5.01. The largest absolute Gasteiger partial charge is 0.454 e. The first-order valence-electron chi connectivity index (χ1n) is 8.07. The number of rotatable bonds is 3. The van der Waals surface area contributed by atoms with Gasteiger partial charge in [-0.3, -0.25) is 4.79 Å². The molecule has 26 heavy (non-hydrogen) atoms. The van der Waals surface area contributed by atoms with Crippen molar-refractivity contribution in [3.8, 4) is 11.5 Å². The highest BCUT2D eigenvalue weighted by atomic mass is 35.5. The second-order valence-electron chi connectivity index (χ2n) is 5.87. The molecule has 1 fully saturated rings. The normalized spacial score (nSPS) is 18.7. The number of halogens is 2. The Bertz CT molecular complexity index is 887. The highest BCUT2D eigenvalue weighted by molar-refractivity contribution is 7.99. The standard InChI is InChI=1S/C19H15Cl2NO3S/c20-13-3-4-14(15(21)10-13)19-22(7-8-26-19)18(23)6-2-12-1-5-16-17(9-12)25-11-24-16/h1-6,9-10,19H,7-8,11H2/b6-2+. The van der Waals surface area contributed by atoms with E-state index in [1.165, 1.54) is 0 Å². The van der Waals surface area contributed by atoms with Crippen LogP contribution >= 0.6 is 35.0 Å². The van der Waals surface area contributed by atoms with Gasteiger partial charge in [-0.15, -0.1) is 11.8 Å². The predicted molar refractivity (Wildman–Crippen MR) is 105 cm³/mol. The molecule has 1 saturated heterocycles. The Hall–Kier alpha value is -1.82. The molecule has 2 aliphatic heterocycles. The number of fused-ring (bicyclic) bond motifs is 1. The van der Waals surface area contributed by atoms with Crippen molar-refractivity contribution in [2.45, 2.75) is 5.37 Å². The molecule has 2 aliphatic rings. The van der Waals surface area contributed by atoms with E-state index in [-0.39, 0.29) is 18.1 Å². The average Bonchev–Trinajstić information content (AvgIpc) is 3.28.